The van der Waals surface area contributed by atoms with E-state index in [-0.39, 0.29) is 12.1 Å². The molecule has 5 nitrogen and oxygen atoms in total. The first-order valence-corrected chi connectivity index (χ1v) is 21.5. The first-order chi connectivity index (χ1) is 30.6. The van der Waals surface area contributed by atoms with Crippen molar-refractivity contribution in [2.24, 2.45) is 9.98 Å². The van der Waals surface area contributed by atoms with Gasteiger partial charge in [-0.3, -0.25) is 0 Å². The molecule has 3 atom stereocenters. The summed E-state index contributed by atoms with van der Waals surface area (Å²) >= 11 is 0. The van der Waals surface area contributed by atoms with Crippen molar-refractivity contribution in [2.75, 3.05) is 4.90 Å². The van der Waals surface area contributed by atoms with Gasteiger partial charge in [-0.1, -0.05) is 182 Å². The maximum absolute atomic E-state index is 5.53. The maximum atomic E-state index is 5.53. The minimum atomic E-state index is -0.418. The summed E-state index contributed by atoms with van der Waals surface area (Å²) in [4.78, 5) is 13.7. The predicted molar refractivity (Wildman–Crippen MR) is 257 cm³/mol. The van der Waals surface area contributed by atoms with Crippen LogP contribution in [0.1, 0.15) is 52.4 Å². The van der Waals surface area contributed by atoms with Crippen molar-refractivity contribution in [3.05, 3.63) is 246 Å². The van der Waals surface area contributed by atoms with Gasteiger partial charge in [0, 0.05) is 39.9 Å². The minimum absolute atomic E-state index is 0.144. The van der Waals surface area contributed by atoms with Gasteiger partial charge in [0.05, 0.1) is 27.9 Å². The average Bonchev–Trinajstić information content (AvgIpc) is 3.81. The van der Waals surface area contributed by atoms with Gasteiger partial charge in [-0.25, -0.2) is 9.98 Å². The quantitative estimate of drug-likeness (QED) is 0.175. The zero-order valence-electron chi connectivity index (χ0n) is 34.4. The Morgan fingerprint density at radius 1 is 0.597 bits per heavy atom. The number of amidine groups is 2. The van der Waals surface area contributed by atoms with Crippen LogP contribution in [0.3, 0.4) is 0 Å². The highest BCUT2D eigenvalue weighted by Gasteiger charge is 2.48. The summed E-state index contributed by atoms with van der Waals surface area (Å²) < 4.78 is 2.49. The standard InChI is InChI=1S/C57H43N5/c1-57-36-17-16-30-48(57)46-29-12-15-33-51(46)62(57)53-47(37-41-25-18-24-38-19-8-9-26-42(38)41)45(34-35-52(53)61-49-31-13-10-27-43(49)44-28-11-14-32-50(44)61)56-59-54(39-20-4-2-5-21-39)58-55(60-56)40-22-6-3-7-23-40/h2-36,48,54H,37H2,1H3,(H,58,59,60). The van der Waals surface area contributed by atoms with Crippen molar-refractivity contribution in [1.82, 2.24) is 9.88 Å². The van der Waals surface area contributed by atoms with E-state index in [9.17, 15) is 0 Å². The van der Waals surface area contributed by atoms with Crippen LogP contribution in [-0.2, 0) is 6.42 Å². The molecule has 9 aromatic rings. The largest absolute Gasteiger partial charge is 0.344 e. The highest BCUT2D eigenvalue weighted by Crippen LogP contribution is 2.56. The molecule has 3 heterocycles. The number of nitrogens with one attached hydrogen (secondary N) is 1. The van der Waals surface area contributed by atoms with Gasteiger partial charge >= 0.3 is 0 Å². The fraction of sp³-hybridized carbons (Fsp3) is 0.0877. The molecule has 0 amide bonds. The van der Waals surface area contributed by atoms with Crippen molar-refractivity contribution in [2.45, 2.75) is 31.0 Å². The molecule has 3 unspecified atom stereocenters. The lowest BCUT2D eigenvalue weighted by molar-refractivity contribution is 0.541. The lowest BCUT2D eigenvalue weighted by Crippen LogP contribution is -2.43. The van der Waals surface area contributed by atoms with Gasteiger partial charge in [-0.2, -0.15) is 0 Å². The number of anilines is 2. The first kappa shape index (κ1) is 36.1. The molecule has 1 aliphatic carbocycles. The molecular formula is C57H43N5. The van der Waals surface area contributed by atoms with E-state index in [0.29, 0.717) is 12.3 Å². The molecule has 0 fully saturated rings. The van der Waals surface area contributed by atoms with Crippen molar-refractivity contribution in [3.8, 4) is 5.69 Å². The average molecular weight is 798 g/mol. The van der Waals surface area contributed by atoms with Gasteiger partial charge in [-0.05, 0) is 70.3 Å². The van der Waals surface area contributed by atoms with Crippen LogP contribution in [0.5, 0.6) is 0 Å². The number of nitrogens with zero attached hydrogens (tertiary/aromatic N) is 4. The molecule has 0 radical (unpaired) electrons. The third kappa shape index (κ3) is 5.69. The summed E-state index contributed by atoms with van der Waals surface area (Å²) in [5.41, 5.74) is 12.2. The Morgan fingerprint density at radius 3 is 2.05 bits per heavy atom. The summed E-state index contributed by atoms with van der Waals surface area (Å²) in [7, 11) is 0. The van der Waals surface area contributed by atoms with Crippen LogP contribution in [0.4, 0.5) is 11.4 Å². The number of rotatable bonds is 7. The highest BCUT2D eigenvalue weighted by atomic mass is 15.3. The molecule has 0 bridgehead atoms. The van der Waals surface area contributed by atoms with Crippen molar-refractivity contribution in [1.29, 1.82) is 0 Å². The van der Waals surface area contributed by atoms with E-state index in [1.807, 2.05) is 0 Å². The monoisotopic (exact) mass is 797 g/mol. The molecule has 296 valence electrons. The number of aliphatic imine (C=N–C) groups is 2. The second kappa shape index (κ2) is 14.5. The second-order valence-corrected chi connectivity index (χ2v) is 16.7. The number of aromatic nitrogens is 1. The topological polar surface area (TPSA) is 44.9 Å². The minimum Gasteiger partial charge on any atom is -0.344 e. The van der Waals surface area contributed by atoms with Crippen LogP contribution in [0, 0.1) is 0 Å². The Labute approximate surface area is 361 Å². The van der Waals surface area contributed by atoms with Gasteiger partial charge in [0.15, 0.2) is 5.84 Å². The summed E-state index contributed by atoms with van der Waals surface area (Å²) in [6.45, 7) is 2.40. The number of benzene rings is 8. The zero-order valence-corrected chi connectivity index (χ0v) is 34.4. The summed E-state index contributed by atoms with van der Waals surface area (Å²) in [6.07, 6.45) is 9.52. The van der Waals surface area contributed by atoms with Crippen molar-refractivity contribution < 1.29 is 0 Å². The van der Waals surface area contributed by atoms with Crippen LogP contribution < -0.4 is 10.2 Å². The molecule has 0 saturated heterocycles. The van der Waals surface area contributed by atoms with Crippen LogP contribution >= 0.6 is 0 Å². The third-order valence-corrected chi connectivity index (χ3v) is 13.2. The molecule has 5 heteroatoms. The van der Waals surface area contributed by atoms with E-state index in [0.717, 1.165) is 33.9 Å². The number of hydrogen-bond donors (Lipinski definition) is 1. The van der Waals surface area contributed by atoms with Crippen molar-refractivity contribution in [3.63, 3.8) is 0 Å². The summed E-state index contributed by atoms with van der Waals surface area (Å²) in [6, 6.07) is 67.7. The Kier molecular flexibility index (Phi) is 8.42. The van der Waals surface area contributed by atoms with Gasteiger partial charge in [0.1, 0.15) is 12.0 Å². The van der Waals surface area contributed by atoms with Crippen LogP contribution in [0.2, 0.25) is 0 Å². The Hall–Kier alpha value is -7.76. The van der Waals surface area contributed by atoms with E-state index in [2.05, 4.69) is 234 Å². The van der Waals surface area contributed by atoms with E-state index >= 15 is 0 Å². The maximum Gasteiger partial charge on any atom is 0.159 e. The second-order valence-electron chi connectivity index (χ2n) is 16.7. The molecule has 8 aromatic carbocycles. The highest BCUT2D eigenvalue weighted by molar-refractivity contribution is 6.15. The zero-order chi connectivity index (χ0) is 41.2. The molecule has 2 aliphatic heterocycles. The first-order valence-electron chi connectivity index (χ1n) is 21.5. The van der Waals surface area contributed by atoms with E-state index in [1.165, 1.54) is 55.0 Å². The van der Waals surface area contributed by atoms with Crippen molar-refractivity contribution >= 4 is 55.6 Å². The molecule has 0 spiro atoms. The molecule has 3 aliphatic rings. The fourth-order valence-electron chi connectivity index (χ4n) is 10.3. The smallest absolute Gasteiger partial charge is 0.159 e. The number of fused-ring (bicyclic) bond motifs is 7. The van der Waals surface area contributed by atoms with E-state index < -0.39 is 5.54 Å². The number of para-hydroxylation sites is 3. The number of hydrogen-bond acceptors (Lipinski definition) is 4. The van der Waals surface area contributed by atoms with Gasteiger partial charge in [0.25, 0.3) is 0 Å². The molecule has 0 saturated carbocycles. The molecule has 62 heavy (non-hydrogen) atoms. The Balaban J connectivity index is 1.22. The van der Waals surface area contributed by atoms with E-state index in [1.54, 1.807) is 0 Å². The Morgan fingerprint density at radius 2 is 1.26 bits per heavy atom. The van der Waals surface area contributed by atoms with Gasteiger partial charge < -0.3 is 14.8 Å². The van der Waals surface area contributed by atoms with Gasteiger partial charge in [0.2, 0.25) is 0 Å². The lowest BCUT2D eigenvalue weighted by Gasteiger charge is -2.41. The third-order valence-electron chi connectivity index (χ3n) is 13.2. The molecular weight excluding hydrogens is 755 g/mol. The van der Waals surface area contributed by atoms with Crippen LogP contribution in [-0.4, -0.2) is 21.8 Å². The lowest BCUT2D eigenvalue weighted by atomic mass is 9.80. The fourth-order valence-corrected chi connectivity index (χ4v) is 10.3. The number of allylic oxidation sites excluding steroid dienone is 2. The van der Waals surface area contributed by atoms with Crippen LogP contribution in [0.15, 0.2) is 222 Å². The molecule has 1 aromatic heterocycles. The Bertz CT molecular complexity index is 3280. The summed E-state index contributed by atoms with van der Waals surface area (Å²) in [5.74, 6) is 1.65. The van der Waals surface area contributed by atoms with Crippen LogP contribution in [0.25, 0.3) is 38.3 Å². The van der Waals surface area contributed by atoms with Gasteiger partial charge in [-0.15, -0.1) is 0 Å². The SMILES string of the molecule is CC12C=CC=CC1c1ccccc1N2c1c(-n2c3ccccc3c3ccccc32)ccc(C2=NC(c3ccccc3)NC(c3ccccc3)=N2)c1Cc1cccc2ccccc12. The predicted octanol–water partition coefficient (Wildman–Crippen LogP) is 13.1. The summed E-state index contributed by atoms with van der Waals surface area (Å²) in [5, 5.41) is 8.63. The molecule has 12 rings (SSSR count). The normalized spacial score (nSPS) is 19.0. The van der Waals surface area contributed by atoms with E-state index in [4.69, 9.17) is 9.98 Å². The molecule has 1 N–H and O–H groups in total.